The Balaban J connectivity index is 2.40. The number of hydrogen-bond donors (Lipinski definition) is 0. The molecule has 39 heavy (non-hydrogen) atoms. The van der Waals surface area contributed by atoms with Crippen LogP contribution in [0.2, 0.25) is 0 Å². The van der Waals surface area contributed by atoms with Crippen LogP contribution in [0.3, 0.4) is 0 Å². The molecule has 2 rings (SSSR count). The Morgan fingerprint density at radius 2 is 1.82 bits per heavy atom. The Bertz CT molecular complexity index is 1070. The zero-order valence-electron chi connectivity index (χ0n) is 23.6. The molecule has 0 aliphatic heterocycles. The summed E-state index contributed by atoms with van der Waals surface area (Å²) in [4.78, 5) is 27.0. The first-order chi connectivity index (χ1) is 18.6. The number of benzene rings is 1. The quantitative estimate of drug-likeness (QED) is 0.0626. The number of carbonyl (C=O) groups is 2. The summed E-state index contributed by atoms with van der Waals surface area (Å²) in [5.74, 6) is 2.13. The highest BCUT2D eigenvalue weighted by atomic mass is 127. The standard InChI is InChI=1S/C30H39IO8/c1-8-27(33)30(39-20-35-6)17-26(38-19-34-5)21(2)28(29(30,3)4)25(32)14-13-24(15-16-31)37-18-22-9-11-23(36-7)12-10-22/h1,9-14,24,26H,15-20H2,2-7H3/b14-13+/t24-,26+,30-/m1/s1. The summed E-state index contributed by atoms with van der Waals surface area (Å²) < 4.78 is 34.3. The fourth-order valence-electron chi connectivity index (χ4n) is 4.86. The molecule has 0 fully saturated rings. The molecule has 1 aromatic carbocycles. The number of hydrogen-bond acceptors (Lipinski definition) is 8. The molecule has 9 heteroatoms. The number of rotatable bonds is 16. The molecule has 0 heterocycles. The number of ketones is 2. The van der Waals surface area contributed by atoms with Crippen LogP contribution in [-0.4, -0.2) is 68.7 Å². The van der Waals surface area contributed by atoms with E-state index in [9.17, 15) is 9.59 Å². The number of methoxy groups -OCH3 is 3. The molecule has 0 saturated carbocycles. The van der Waals surface area contributed by atoms with Gasteiger partial charge in [-0.3, -0.25) is 9.59 Å². The van der Waals surface area contributed by atoms with Crippen LogP contribution in [0.5, 0.6) is 5.75 Å². The van der Waals surface area contributed by atoms with Crippen molar-refractivity contribution in [3.8, 4) is 18.1 Å². The molecule has 214 valence electrons. The molecule has 1 aliphatic rings. The zero-order valence-corrected chi connectivity index (χ0v) is 25.7. The largest absolute Gasteiger partial charge is 0.497 e. The summed E-state index contributed by atoms with van der Waals surface area (Å²) in [6.07, 6.45) is 8.78. The molecule has 0 bridgehead atoms. The summed E-state index contributed by atoms with van der Waals surface area (Å²) in [5, 5.41) is 0. The third-order valence-corrected chi connectivity index (χ3v) is 7.64. The normalized spacial score (nSPS) is 21.5. The lowest BCUT2D eigenvalue weighted by Gasteiger charge is -2.50. The molecule has 0 spiro atoms. The molecule has 0 radical (unpaired) electrons. The number of Topliss-reactive ketones (excluding diaryl/α,β-unsaturated/α-hetero) is 1. The number of allylic oxidation sites excluding steroid dienone is 1. The third kappa shape index (κ3) is 7.99. The Hall–Kier alpha value is -2.07. The molecule has 0 N–H and O–H groups in total. The van der Waals surface area contributed by atoms with E-state index >= 15 is 0 Å². The van der Waals surface area contributed by atoms with Crippen molar-refractivity contribution >= 4 is 34.2 Å². The first-order valence-corrected chi connectivity index (χ1v) is 14.1. The first kappa shape index (κ1) is 33.1. The van der Waals surface area contributed by atoms with Gasteiger partial charge in [0.1, 0.15) is 19.3 Å². The van der Waals surface area contributed by atoms with Gasteiger partial charge in [0, 0.05) is 36.1 Å². The second-order valence-corrected chi connectivity index (χ2v) is 10.8. The fourth-order valence-corrected chi connectivity index (χ4v) is 5.48. The van der Waals surface area contributed by atoms with E-state index < -0.39 is 22.9 Å². The molecule has 0 amide bonds. The minimum atomic E-state index is -1.54. The Kier molecular flexibility index (Phi) is 13.3. The van der Waals surface area contributed by atoms with Crippen LogP contribution in [0.4, 0.5) is 0 Å². The average Bonchev–Trinajstić information content (AvgIpc) is 2.93. The van der Waals surface area contributed by atoms with Gasteiger partial charge in [-0.2, -0.15) is 0 Å². The second-order valence-electron chi connectivity index (χ2n) is 9.70. The summed E-state index contributed by atoms with van der Waals surface area (Å²) >= 11 is 2.28. The molecule has 1 aliphatic carbocycles. The number of terminal acetylenes is 1. The van der Waals surface area contributed by atoms with E-state index in [2.05, 4.69) is 28.5 Å². The maximum absolute atomic E-state index is 13.8. The van der Waals surface area contributed by atoms with Gasteiger partial charge < -0.3 is 28.4 Å². The van der Waals surface area contributed by atoms with Crippen molar-refractivity contribution in [3.63, 3.8) is 0 Å². The summed E-state index contributed by atoms with van der Waals surface area (Å²) in [6, 6.07) is 7.64. The number of carbonyl (C=O) groups excluding carboxylic acids is 2. The fraction of sp³-hybridized carbons (Fsp3) is 0.533. The predicted octanol–water partition coefficient (Wildman–Crippen LogP) is 4.83. The highest BCUT2D eigenvalue weighted by Gasteiger charge is 2.59. The van der Waals surface area contributed by atoms with Crippen LogP contribution in [-0.2, 0) is 39.9 Å². The van der Waals surface area contributed by atoms with E-state index in [1.807, 2.05) is 31.2 Å². The number of ether oxygens (including phenoxy) is 6. The Morgan fingerprint density at radius 1 is 1.15 bits per heavy atom. The van der Waals surface area contributed by atoms with Crippen LogP contribution in [0.1, 0.15) is 39.2 Å². The number of halogens is 1. The van der Waals surface area contributed by atoms with Crippen LogP contribution in [0.25, 0.3) is 0 Å². The second kappa shape index (κ2) is 15.6. The topological polar surface area (TPSA) is 89.5 Å². The smallest absolute Gasteiger partial charge is 0.238 e. The molecule has 1 aromatic rings. The maximum atomic E-state index is 13.8. The van der Waals surface area contributed by atoms with Gasteiger partial charge in [0.05, 0.1) is 25.9 Å². The van der Waals surface area contributed by atoms with Gasteiger partial charge in [-0.25, -0.2) is 0 Å². The van der Waals surface area contributed by atoms with Crippen molar-refractivity contribution in [2.45, 2.75) is 58.0 Å². The first-order valence-electron chi connectivity index (χ1n) is 12.6. The molecular formula is C30H39IO8. The van der Waals surface area contributed by atoms with E-state index in [-0.39, 0.29) is 31.9 Å². The van der Waals surface area contributed by atoms with Crippen LogP contribution in [0, 0.1) is 17.8 Å². The van der Waals surface area contributed by atoms with Crippen LogP contribution in [0.15, 0.2) is 47.6 Å². The lowest BCUT2D eigenvalue weighted by molar-refractivity contribution is -0.197. The SMILES string of the molecule is C#CC(=O)[C@]1(OCOC)C[C@H](OCOC)C(C)=C(C(=O)/C=C/[C@H](CCI)OCc2ccc(OC)cc2)C1(C)C. The van der Waals surface area contributed by atoms with Gasteiger partial charge in [-0.05, 0) is 48.6 Å². The molecule has 0 saturated heterocycles. The van der Waals surface area contributed by atoms with Gasteiger partial charge >= 0.3 is 0 Å². The van der Waals surface area contributed by atoms with E-state index in [0.29, 0.717) is 17.8 Å². The minimum Gasteiger partial charge on any atom is -0.497 e. The van der Waals surface area contributed by atoms with Crippen LogP contribution < -0.4 is 4.74 Å². The highest BCUT2D eigenvalue weighted by Crippen LogP contribution is 2.51. The molecule has 3 atom stereocenters. The lowest BCUT2D eigenvalue weighted by atomic mass is 9.59. The zero-order chi connectivity index (χ0) is 29.1. The van der Waals surface area contributed by atoms with E-state index in [0.717, 1.165) is 22.2 Å². The van der Waals surface area contributed by atoms with E-state index in [1.54, 1.807) is 27.0 Å². The Morgan fingerprint density at radius 3 is 2.38 bits per heavy atom. The van der Waals surface area contributed by atoms with Gasteiger partial charge in [0.15, 0.2) is 11.4 Å². The molecule has 8 nitrogen and oxygen atoms in total. The van der Waals surface area contributed by atoms with Gasteiger partial charge in [-0.1, -0.05) is 54.6 Å². The maximum Gasteiger partial charge on any atom is 0.238 e. The van der Waals surface area contributed by atoms with E-state index in [1.165, 1.54) is 20.3 Å². The van der Waals surface area contributed by atoms with Gasteiger partial charge in [0.2, 0.25) is 5.78 Å². The summed E-state index contributed by atoms with van der Waals surface area (Å²) in [6.45, 7) is 5.58. The summed E-state index contributed by atoms with van der Waals surface area (Å²) in [7, 11) is 4.58. The van der Waals surface area contributed by atoms with Crippen molar-refractivity contribution in [2.75, 3.05) is 39.3 Å². The monoisotopic (exact) mass is 654 g/mol. The molecule has 0 aromatic heterocycles. The van der Waals surface area contributed by atoms with E-state index in [4.69, 9.17) is 34.8 Å². The molecule has 0 unspecified atom stereocenters. The Labute approximate surface area is 245 Å². The highest BCUT2D eigenvalue weighted by molar-refractivity contribution is 14.1. The van der Waals surface area contributed by atoms with Crippen molar-refractivity contribution < 1.29 is 38.0 Å². The summed E-state index contributed by atoms with van der Waals surface area (Å²) in [5.41, 5.74) is -0.546. The van der Waals surface area contributed by atoms with Crippen molar-refractivity contribution in [3.05, 3.63) is 53.1 Å². The van der Waals surface area contributed by atoms with Crippen molar-refractivity contribution in [2.24, 2.45) is 5.41 Å². The minimum absolute atomic E-state index is 0.0265. The third-order valence-electron chi connectivity index (χ3n) is 7.02. The lowest BCUT2D eigenvalue weighted by Crippen LogP contribution is -2.60. The van der Waals surface area contributed by atoms with Crippen molar-refractivity contribution in [1.82, 2.24) is 0 Å². The van der Waals surface area contributed by atoms with Gasteiger partial charge in [-0.15, -0.1) is 6.42 Å². The molecular weight excluding hydrogens is 615 g/mol. The predicted molar refractivity (Wildman–Crippen MR) is 157 cm³/mol. The average molecular weight is 655 g/mol. The van der Waals surface area contributed by atoms with Gasteiger partial charge in [0.25, 0.3) is 0 Å². The number of alkyl halides is 1. The van der Waals surface area contributed by atoms with Crippen LogP contribution >= 0.6 is 22.6 Å². The van der Waals surface area contributed by atoms with Crippen molar-refractivity contribution in [1.29, 1.82) is 0 Å².